The number of methoxy groups -OCH3 is 1. The van der Waals surface area contributed by atoms with Crippen LogP contribution in [-0.2, 0) is 13.0 Å². The molecule has 0 aromatic heterocycles. The van der Waals surface area contributed by atoms with Crippen LogP contribution in [0.4, 0.5) is 0 Å². The van der Waals surface area contributed by atoms with Gasteiger partial charge in [-0.25, -0.2) is 4.99 Å². The molecule has 0 bridgehead atoms. The lowest BCUT2D eigenvalue weighted by atomic mass is 10.0. The second-order valence-corrected chi connectivity index (χ2v) is 8.71. The van der Waals surface area contributed by atoms with E-state index in [0.29, 0.717) is 12.6 Å². The first-order chi connectivity index (χ1) is 14.0. The van der Waals surface area contributed by atoms with E-state index in [-0.39, 0.29) is 30.1 Å². The van der Waals surface area contributed by atoms with Crippen LogP contribution in [0.25, 0.3) is 0 Å². The maximum absolute atomic E-state index is 5.92. The smallest absolute Gasteiger partial charge is 0.191 e. The number of piperidine rings is 1. The van der Waals surface area contributed by atoms with Gasteiger partial charge >= 0.3 is 0 Å². The Morgan fingerprint density at radius 3 is 2.67 bits per heavy atom. The number of hydrogen-bond acceptors (Lipinski definition) is 4. The molecule has 2 aliphatic heterocycles. The number of fused-ring (bicyclic) bond motifs is 1. The van der Waals surface area contributed by atoms with Crippen LogP contribution in [0.1, 0.15) is 51.7 Å². The fraction of sp³-hybridized carbons (Fsp3) is 0.696. The molecule has 170 valence electrons. The van der Waals surface area contributed by atoms with Gasteiger partial charge in [-0.3, -0.25) is 0 Å². The Labute approximate surface area is 199 Å². The van der Waals surface area contributed by atoms with E-state index in [2.05, 4.69) is 55.4 Å². The molecule has 6 nitrogen and oxygen atoms in total. The number of ether oxygens (including phenoxy) is 2. The second kappa shape index (κ2) is 12.0. The first-order valence-corrected chi connectivity index (χ1v) is 11.1. The van der Waals surface area contributed by atoms with Crippen molar-refractivity contribution in [1.29, 1.82) is 0 Å². The second-order valence-electron chi connectivity index (χ2n) is 8.71. The van der Waals surface area contributed by atoms with E-state index in [9.17, 15) is 0 Å². The molecule has 0 aliphatic carbocycles. The quantitative estimate of drug-likeness (QED) is 0.319. The van der Waals surface area contributed by atoms with E-state index in [4.69, 9.17) is 14.5 Å². The Kier molecular flexibility index (Phi) is 10.0. The molecule has 3 rings (SSSR count). The molecule has 2 N–H and O–H groups in total. The first kappa shape index (κ1) is 25.0. The fourth-order valence-electron chi connectivity index (χ4n) is 4.25. The molecular weight excluding hydrogens is 491 g/mol. The number of nitrogens with one attached hydrogen (secondary N) is 2. The zero-order valence-corrected chi connectivity index (χ0v) is 21.5. The van der Waals surface area contributed by atoms with E-state index in [1.54, 1.807) is 7.11 Å². The molecule has 0 spiro atoms. The number of nitrogens with zero attached hydrogens (tertiary/aromatic N) is 2. The molecular formula is C23H39IN4O2. The highest BCUT2D eigenvalue weighted by molar-refractivity contribution is 14.0. The summed E-state index contributed by atoms with van der Waals surface area (Å²) in [6, 6.07) is 4.67. The largest absolute Gasteiger partial charge is 0.496 e. The van der Waals surface area contributed by atoms with Crippen molar-refractivity contribution in [2.24, 2.45) is 10.9 Å². The lowest BCUT2D eigenvalue weighted by Gasteiger charge is -2.34. The van der Waals surface area contributed by atoms with Gasteiger partial charge in [-0.2, -0.15) is 0 Å². The van der Waals surface area contributed by atoms with E-state index in [1.165, 1.54) is 12.1 Å². The van der Waals surface area contributed by atoms with Crippen molar-refractivity contribution in [3.63, 3.8) is 0 Å². The van der Waals surface area contributed by atoms with Gasteiger partial charge < -0.3 is 25.0 Å². The minimum Gasteiger partial charge on any atom is -0.496 e. The minimum absolute atomic E-state index is 0. The third-order valence-corrected chi connectivity index (χ3v) is 5.60. The van der Waals surface area contributed by atoms with E-state index < -0.39 is 0 Å². The zero-order chi connectivity index (χ0) is 20.8. The molecule has 1 aromatic rings. The molecule has 1 saturated heterocycles. The molecule has 1 aromatic carbocycles. The van der Waals surface area contributed by atoms with Gasteiger partial charge in [0.25, 0.3) is 0 Å². The first-order valence-electron chi connectivity index (χ1n) is 11.1. The average Bonchev–Trinajstić information content (AvgIpc) is 3.05. The van der Waals surface area contributed by atoms with Crippen molar-refractivity contribution < 1.29 is 9.47 Å². The predicted molar refractivity (Wildman–Crippen MR) is 134 cm³/mol. The number of benzene rings is 1. The van der Waals surface area contributed by atoms with Crippen molar-refractivity contribution in [2.45, 2.75) is 65.6 Å². The van der Waals surface area contributed by atoms with Crippen molar-refractivity contribution in [2.75, 3.05) is 33.3 Å². The van der Waals surface area contributed by atoms with Crippen LogP contribution in [0, 0.1) is 5.92 Å². The van der Waals surface area contributed by atoms with Crippen LogP contribution in [0.5, 0.6) is 11.5 Å². The highest BCUT2D eigenvalue weighted by Gasteiger charge is 2.22. The molecule has 7 heteroatoms. The van der Waals surface area contributed by atoms with Gasteiger partial charge in [0.1, 0.15) is 17.6 Å². The summed E-state index contributed by atoms with van der Waals surface area (Å²) in [6.45, 7) is 13.7. The van der Waals surface area contributed by atoms with Gasteiger partial charge in [0.05, 0.1) is 13.7 Å². The maximum atomic E-state index is 5.92. The lowest BCUT2D eigenvalue weighted by Crippen LogP contribution is -2.49. The van der Waals surface area contributed by atoms with Gasteiger partial charge in [-0.1, -0.05) is 13.8 Å². The predicted octanol–water partition coefficient (Wildman–Crippen LogP) is 3.81. The Morgan fingerprint density at radius 1 is 1.30 bits per heavy atom. The van der Waals surface area contributed by atoms with E-state index in [1.807, 2.05) is 0 Å². The summed E-state index contributed by atoms with van der Waals surface area (Å²) < 4.78 is 11.5. The molecule has 2 heterocycles. The Bertz CT molecular complexity index is 703. The maximum Gasteiger partial charge on any atom is 0.191 e. The fourth-order valence-corrected chi connectivity index (χ4v) is 4.25. The van der Waals surface area contributed by atoms with Gasteiger partial charge in [0.2, 0.25) is 0 Å². The van der Waals surface area contributed by atoms with Crippen molar-refractivity contribution in [3.8, 4) is 11.5 Å². The summed E-state index contributed by atoms with van der Waals surface area (Å²) in [6.07, 6.45) is 3.49. The third-order valence-electron chi connectivity index (χ3n) is 5.60. The SMILES string of the molecule is CCNC(=NCc1cc2c(cc1OC)CC(C)O2)NC1CCN(CC(C)C)CC1.I. The highest BCUT2D eigenvalue weighted by Crippen LogP contribution is 2.35. The molecule has 2 aliphatic rings. The molecule has 0 saturated carbocycles. The number of halogens is 1. The molecule has 1 unspecified atom stereocenters. The van der Waals surface area contributed by atoms with Crippen LogP contribution in [0.3, 0.4) is 0 Å². The average molecular weight is 530 g/mol. The Hall–Kier alpha value is -1.22. The van der Waals surface area contributed by atoms with Crippen LogP contribution < -0.4 is 20.1 Å². The zero-order valence-electron chi connectivity index (χ0n) is 19.2. The van der Waals surface area contributed by atoms with Crippen LogP contribution in [0.15, 0.2) is 17.1 Å². The van der Waals surface area contributed by atoms with Gasteiger partial charge in [0.15, 0.2) is 5.96 Å². The lowest BCUT2D eigenvalue weighted by molar-refractivity contribution is 0.187. The third kappa shape index (κ3) is 6.90. The molecule has 1 fully saturated rings. The number of aliphatic imine (C=N–C) groups is 1. The van der Waals surface area contributed by atoms with E-state index >= 15 is 0 Å². The highest BCUT2D eigenvalue weighted by atomic mass is 127. The monoisotopic (exact) mass is 530 g/mol. The summed E-state index contributed by atoms with van der Waals surface area (Å²) in [7, 11) is 1.72. The normalized spacial score (nSPS) is 19.8. The molecule has 0 amide bonds. The number of rotatable bonds is 7. The van der Waals surface area contributed by atoms with Crippen molar-refractivity contribution in [3.05, 3.63) is 23.3 Å². The number of hydrogen-bond donors (Lipinski definition) is 2. The van der Waals surface area contributed by atoms with Crippen molar-refractivity contribution in [1.82, 2.24) is 15.5 Å². The number of guanidine groups is 1. The summed E-state index contributed by atoms with van der Waals surface area (Å²) in [4.78, 5) is 7.42. The summed E-state index contributed by atoms with van der Waals surface area (Å²) in [5.41, 5.74) is 2.28. The van der Waals surface area contributed by atoms with E-state index in [0.717, 1.165) is 67.8 Å². The van der Waals surface area contributed by atoms with Crippen molar-refractivity contribution >= 4 is 29.9 Å². The van der Waals surface area contributed by atoms with Crippen LogP contribution >= 0.6 is 24.0 Å². The van der Waals surface area contributed by atoms with Crippen LogP contribution in [0.2, 0.25) is 0 Å². The topological polar surface area (TPSA) is 58.1 Å². The molecule has 1 atom stereocenters. The summed E-state index contributed by atoms with van der Waals surface area (Å²) in [5.74, 6) is 3.47. The Morgan fingerprint density at radius 2 is 2.03 bits per heavy atom. The van der Waals surface area contributed by atoms with Gasteiger partial charge in [0, 0.05) is 49.8 Å². The van der Waals surface area contributed by atoms with Gasteiger partial charge in [-0.15, -0.1) is 24.0 Å². The standard InChI is InChI=1S/C23H38N4O2.HI/c1-6-24-23(26-20-7-9-27(10-8-20)15-16(2)3)25-14-19-13-22-18(11-17(4)29-22)12-21(19)28-5;/h12-13,16-17,20H,6-11,14-15H2,1-5H3,(H2,24,25,26);1H. The molecule has 30 heavy (non-hydrogen) atoms. The minimum atomic E-state index is 0. The summed E-state index contributed by atoms with van der Waals surface area (Å²) in [5, 5.41) is 7.03. The molecule has 0 radical (unpaired) electrons. The summed E-state index contributed by atoms with van der Waals surface area (Å²) >= 11 is 0. The number of likely N-dealkylation sites (tertiary alicyclic amines) is 1. The Balaban J connectivity index is 0.00000320. The van der Waals surface area contributed by atoms with Crippen LogP contribution in [-0.4, -0.2) is 56.3 Å². The van der Waals surface area contributed by atoms with Gasteiger partial charge in [-0.05, 0) is 44.7 Å².